The topological polar surface area (TPSA) is 49.7 Å². The number of hydrogen-bond acceptors (Lipinski definition) is 3. The SMILES string of the molecule is OCC(O)C[O][Al]. The van der Waals surface area contributed by atoms with E-state index in [9.17, 15) is 0 Å². The molecule has 0 aliphatic carbocycles. The van der Waals surface area contributed by atoms with E-state index in [4.69, 9.17) is 10.2 Å². The van der Waals surface area contributed by atoms with Crippen LogP contribution in [0.2, 0.25) is 0 Å². The van der Waals surface area contributed by atoms with Gasteiger partial charge in [-0.15, -0.1) is 0 Å². The Bertz CT molecular complexity index is 41.2. The van der Waals surface area contributed by atoms with Crippen LogP contribution in [0.1, 0.15) is 0 Å². The highest BCUT2D eigenvalue weighted by atomic mass is 27.1. The van der Waals surface area contributed by atoms with E-state index in [1.54, 1.807) is 0 Å². The van der Waals surface area contributed by atoms with Crippen molar-refractivity contribution in [2.75, 3.05) is 13.2 Å². The van der Waals surface area contributed by atoms with Crippen molar-refractivity contribution in [2.45, 2.75) is 6.10 Å². The summed E-state index contributed by atoms with van der Waals surface area (Å²) in [6.45, 7) is -0.0738. The van der Waals surface area contributed by atoms with Crippen molar-refractivity contribution < 1.29 is 14.0 Å². The van der Waals surface area contributed by atoms with Gasteiger partial charge in [0.1, 0.15) is 0 Å². The molecule has 0 heterocycles. The molecule has 4 heteroatoms. The van der Waals surface area contributed by atoms with Crippen molar-refractivity contribution in [2.24, 2.45) is 0 Å². The molecule has 1 atom stereocenters. The molecule has 2 N–H and O–H groups in total. The summed E-state index contributed by atoms with van der Waals surface area (Å²) in [6.07, 6.45) is -0.738. The Morgan fingerprint density at radius 1 is 1.71 bits per heavy atom. The lowest BCUT2D eigenvalue weighted by molar-refractivity contribution is 0.0565. The van der Waals surface area contributed by atoms with Gasteiger partial charge >= 0.3 is 16.6 Å². The van der Waals surface area contributed by atoms with Gasteiger partial charge in [0.05, 0.1) is 12.7 Å². The summed E-state index contributed by atoms with van der Waals surface area (Å²) < 4.78 is 4.40. The minimum Gasteiger partial charge on any atom is -0.514 e. The summed E-state index contributed by atoms with van der Waals surface area (Å²) >= 11 is 1.98. The quantitative estimate of drug-likeness (QED) is 0.440. The van der Waals surface area contributed by atoms with Gasteiger partial charge < -0.3 is 14.0 Å². The fourth-order valence-electron chi connectivity index (χ4n) is 0.164. The van der Waals surface area contributed by atoms with Crippen molar-refractivity contribution in [3.05, 3.63) is 0 Å². The predicted molar refractivity (Wildman–Crippen MR) is 24.8 cm³/mol. The van der Waals surface area contributed by atoms with Crippen LogP contribution < -0.4 is 0 Å². The largest absolute Gasteiger partial charge is 0.514 e. The predicted octanol–water partition coefficient (Wildman–Crippen LogP) is -1.56. The summed E-state index contributed by atoms with van der Waals surface area (Å²) in [6, 6.07) is 0. The molecule has 0 bridgehead atoms. The Balaban J connectivity index is 2.83. The highest BCUT2D eigenvalue weighted by Gasteiger charge is 1.95. The first-order valence-electron chi connectivity index (χ1n) is 1.92. The van der Waals surface area contributed by atoms with Crippen molar-refractivity contribution in [1.29, 1.82) is 0 Å². The number of aliphatic hydroxyl groups excluding tert-OH is 2. The molecule has 0 aromatic carbocycles. The molecule has 0 fully saturated rings. The smallest absolute Gasteiger partial charge is 0.369 e. The van der Waals surface area contributed by atoms with Gasteiger partial charge in [0, 0.05) is 6.61 Å². The molecule has 1 unspecified atom stereocenters. The Hall–Kier alpha value is 0.412. The second-order valence-electron chi connectivity index (χ2n) is 1.17. The molecule has 3 nitrogen and oxygen atoms in total. The van der Waals surface area contributed by atoms with Crippen LogP contribution in [0, 0.1) is 0 Å². The molecular weight excluding hydrogens is 111 g/mol. The molecule has 40 valence electrons. The van der Waals surface area contributed by atoms with E-state index in [1.165, 1.54) is 0 Å². The molecule has 0 aromatic rings. The van der Waals surface area contributed by atoms with Crippen LogP contribution in [0.15, 0.2) is 0 Å². The minimum absolute atomic E-state index is 0.168. The fraction of sp³-hybridized carbons (Fsp3) is 1.00. The van der Waals surface area contributed by atoms with Gasteiger partial charge in [-0.05, 0) is 0 Å². The minimum atomic E-state index is -0.738. The summed E-state index contributed by atoms with van der Waals surface area (Å²) in [5.41, 5.74) is 0. The van der Waals surface area contributed by atoms with E-state index in [2.05, 4.69) is 3.79 Å². The van der Waals surface area contributed by atoms with Crippen LogP contribution in [0.4, 0.5) is 0 Å². The monoisotopic (exact) mass is 118 g/mol. The lowest BCUT2D eigenvalue weighted by Gasteiger charge is -2.03. The van der Waals surface area contributed by atoms with E-state index < -0.39 is 6.10 Å². The van der Waals surface area contributed by atoms with E-state index in [0.29, 0.717) is 0 Å². The summed E-state index contributed by atoms with van der Waals surface area (Å²) in [4.78, 5) is 0. The van der Waals surface area contributed by atoms with E-state index in [-0.39, 0.29) is 13.2 Å². The molecule has 2 radical (unpaired) electrons. The molecule has 0 saturated carbocycles. The van der Waals surface area contributed by atoms with Crippen LogP contribution in [-0.4, -0.2) is 46.2 Å². The molecule has 0 aromatic heterocycles. The van der Waals surface area contributed by atoms with Gasteiger partial charge in [-0.3, -0.25) is 0 Å². The van der Waals surface area contributed by atoms with Crippen LogP contribution in [-0.2, 0) is 3.79 Å². The van der Waals surface area contributed by atoms with Gasteiger partial charge in [-0.25, -0.2) is 0 Å². The van der Waals surface area contributed by atoms with Gasteiger partial charge in [0.25, 0.3) is 0 Å². The Morgan fingerprint density at radius 2 is 2.29 bits per heavy atom. The summed E-state index contributed by atoms with van der Waals surface area (Å²) in [7, 11) is 0. The van der Waals surface area contributed by atoms with Crippen molar-refractivity contribution >= 4 is 16.6 Å². The van der Waals surface area contributed by atoms with E-state index in [0.717, 1.165) is 0 Å². The maximum atomic E-state index is 8.47. The average Bonchev–Trinajstić information content (AvgIpc) is 1.68. The first-order chi connectivity index (χ1) is 3.31. The van der Waals surface area contributed by atoms with Gasteiger partial charge in [-0.2, -0.15) is 0 Å². The van der Waals surface area contributed by atoms with Gasteiger partial charge in [0.15, 0.2) is 0 Å². The zero-order valence-corrected chi connectivity index (χ0v) is 5.03. The maximum Gasteiger partial charge on any atom is 0.369 e. The van der Waals surface area contributed by atoms with Gasteiger partial charge in [-0.1, -0.05) is 0 Å². The van der Waals surface area contributed by atoms with Crippen molar-refractivity contribution in [1.82, 2.24) is 0 Å². The highest BCUT2D eigenvalue weighted by molar-refractivity contribution is 5.97. The second kappa shape index (κ2) is 4.57. The molecule has 7 heavy (non-hydrogen) atoms. The number of aliphatic hydroxyl groups is 2. The van der Waals surface area contributed by atoms with Crippen LogP contribution in [0.3, 0.4) is 0 Å². The summed E-state index contributed by atoms with van der Waals surface area (Å²) in [5.74, 6) is 0. The first-order valence-corrected chi connectivity index (χ1v) is 2.39. The molecule has 0 aliphatic rings. The van der Waals surface area contributed by atoms with E-state index in [1.807, 2.05) is 16.6 Å². The molecule has 0 aliphatic heterocycles. The third kappa shape index (κ3) is 4.26. The molecule has 0 rings (SSSR count). The summed E-state index contributed by atoms with van der Waals surface area (Å²) in [5, 5.41) is 16.6. The fourth-order valence-corrected chi connectivity index (χ4v) is 0.386. The molecule has 0 saturated heterocycles. The number of rotatable bonds is 3. The average molecular weight is 118 g/mol. The van der Waals surface area contributed by atoms with Crippen LogP contribution in [0.5, 0.6) is 0 Å². The molecular formula is C3H7AlO3. The lowest BCUT2D eigenvalue weighted by Crippen LogP contribution is -2.18. The van der Waals surface area contributed by atoms with Gasteiger partial charge in [0.2, 0.25) is 0 Å². The third-order valence-corrected chi connectivity index (χ3v) is 0.692. The van der Waals surface area contributed by atoms with Crippen molar-refractivity contribution in [3.63, 3.8) is 0 Å². The Morgan fingerprint density at radius 3 is 2.43 bits per heavy atom. The Labute approximate surface area is 50.7 Å². The zero-order chi connectivity index (χ0) is 5.70. The first kappa shape index (κ1) is 7.41. The normalized spacial score (nSPS) is 14.0. The molecule has 0 spiro atoms. The third-order valence-electron chi connectivity index (χ3n) is 0.499. The number of hydrogen-bond donors (Lipinski definition) is 2. The van der Waals surface area contributed by atoms with Crippen LogP contribution in [0.25, 0.3) is 0 Å². The second-order valence-corrected chi connectivity index (χ2v) is 1.50. The van der Waals surface area contributed by atoms with Crippen molar-refractivity contribution in [3.8, 4) is 0 Å². The standard InChI is InChI=1S/C3H7O3.Al/c4-1-3(6)2-5;/h3-4,6H,1-2H2;/q-1;+1. The maximum absolute atomic E-state index is 8.47. The zero-order valence-electron chi connectivity index (χ0n) is 3.87. The lowest BCUT2D eigenvalue weighted by atomic mass is 10.4. The highest BCUT2D eigenvalue weighted by Crippen LogP contribution is 1.77. The van der Waals surface area contributed by atoms with E-state index >= 15 is 0 Å². The van der Waals surface area contributed by atoms with Crippen LogP contribution >= 0.6 is 0 Å². The molecule has 0 amide bonds. The Kier molecular flexibility index (Phi) is 4.84.